The second-order valence-corrected chi connectivity index (χ2v) is 18.7. The minimum Gasteiger partial charge on any atom is -0.478 e. The molecule has 0 radical (unpaired) electrons. The van der Waals surface area contributed by atoms with E-state index in [4.69, 9.17) is 0 Å². The minimum atomic E-state index is -1.07. The van der Waals surface area contributed by atoms with E-state index in [0.29, 0.717) is 66.4 Å². The zero-order valence-corrected chi connectivity index (χ0v) is 41.8. The summed E-state index contributed by atoms with van der Waals surface area (Å²) < 4.78 is 0. The van der Waals surface area contributed by atoms with Gasteiger partial charge in [-0.05, 0) is 70.8 Å². The van der Waals surface area contributed by atoms with Crippen LogP contribution in [0.1, 0.15) is 86.5 Å². The van der Waals surface area contributed by atoms with Gasteiger partial charge in [-0.15, -0.1) is 0 Å². The van der Waals surface area contributed by atoms with Crippen molar-refractivity contribution in [2.75, 3.05) is 0 Å². The van der Waals surface area contributed by atoms with Crippen LogP contribution in [0, 0.1) is 0 Å². The van der Waals surface area contributed by atoms with E-state index in [-0.39, 0.29) is 42.7 Å². The molecule has 12 aromatic rings. The van der Waals surface area contributed by atoms with Crippen molar-refractivity contribution < 1.29 is 60.0 Å². The van der Waals surface area contributed by atoms with Gasteiger partial charge in [0.15, 0.2) is 0 Å². The Hall–Kier alpha value is -10.1. The summed E-state index contributed by atoms with van der Waals surface area (Å²) in [5.74, 6) is -4.26. The van der Waals surface area contributed by atoms with Gasteiger partial charge in [0.2, 0.25) is 0 Å². The molecular formula is C64H40N4O8Pd. The van der Waals surface area contributed by atoms with Gasteiger partial charge in [-0.2, -0.15) is 0 Å². The summed E-state index contributed by atoms with van der Waals surface area (Å²) in [7, 11) is 0. The van der Waals surface area contributed by atoms with Gasteiger partial charge in [0.25, 0.3) is 0 Å². The molecular weight excluding hydrogens is 1060 g/mol. The van der Waals surface area contributed by atoms with Gasteiger partial charge >= 0.3 is 23.9 Å². The third-order valence-corrected chi connectivity index (χ3v) is 14.5. The van der Waals surface area contributed by atoms with Crippen LogP contribution in [0.5, 0.6) is 0 Å². The SMILES string of the molecule is O=C(O)c1ccc(C2=c3[nH]c(c4ccccc34)=C(c3ccc(C(=O)O)cc3)c3[nH]c(c4ccccc34)C(c3ccc(C(=O)O)cc3)=c3[nH]c(c4ccccc34)=C(c3ccc(C(=O)O)cc3)c3[nH]c2c2ccccc32)cc1.[Pd]. The molecule has 1 aliphatic rings. The van der Waals surface area contributed by atoms with E-state index < -0.39 is 23.9 Å². The number of rotatable bonds is 8. The molecule has 8 N–H and O–H groups in total. The predicted octanol–water partition coefficient (Wildman–Crippen LogP) is 9.70. The van der Waals surface area contributed by atoms with Crippen LogP contribution in [0.25, 0.3) is 65.4 Å². The number of benzene rings is 8. The molecule has 0 saturated heterocycles. The number of nitrogens with one attached hydrogen (secondary N) is 4. The molecule has 13 heteroatoms. The summed E-state index contributed by atoms with van der Waals surface area (Å²) in [5, 5.41) is 50.0. The fraction of sp³-hybridized carbons (Fsp3) is 0. The van der Waals surface area contributed by atoms with Gasteiger partial charge in [-0.25, -0.2) is 19.2 Å². The summed E-state index contributed by atoms with van der Waals surface area (Å²) in [6.07, 6.45) is 0. The zero-order valence-electron chi connectivity index (χ0n) is 40.2. The summed E-state index contributed by atoms with van der Waals surface area (Å²) in [5.41, 5.74) is 9.03. The number of aromatic carboxylic acids is 4. The number of aromatic nitrogens is 4. The molecule has 0 saturated carbocycles. The van der Waals surface area contributed by atoms with Crippen LogP contribution in [0.15, 0.2) is 194 Å². The Morgan fingerprint density at radius 1 is 0.247 bits per heavy atom. The van der Waals surface area contributed by atoms with Crippen molar-refractivity contribution in [2.45, 2.75) is 0 Å². The van der Waals surface area contributed by atoms with E-state index in [0.717, 1.165) is 65.4 Å². The molecule has 0 unspecified atom stereocenters. The van der Waals surface area contributed by atoms with Crippen molar-refractivity contribution >= 4 is 89.3 Å². The molecule has 77 heavy (non-hydrogen) atoms. The van der Waals surface area contributed by atoms with E-state index in [9.17, 15) is 39.6 Å². The van der Waals surface area contributed by atoms with Crippen LogP contribution < -0.4 is 21.4 Å². The fourth-order valence-electron chi connectivity index (χ4n) is 11.1. The van der Waals surface area contributed by atoms with Crippen LogP contribution in [-0.4, -0.2) is 64.2 Å². The average Bonchev–Trinajstić information content (AvgIpc) is 4.33. The minimum absolute atomic E-state index is 0. The van der Waals surface area contributed by atoms with E-state index in [1.807, 2.05) is 146 Å². The van der Waals surface area contributed by atoms with Crippen LogP contribution >= 0.6 is 0 Å². The molecule has 0 spiro atoms. The molecule has 0 fully saturated rings. The number of carboxylic acid groups (broad SMARTS) is 4. The molecule has 0 atom stereocenters. The second-order valence-electron chi connectivity index (χ2n) is 18.7. The first-order chi connectivity index (χ1) is 37.0. The van der Waals surface area contributed by atoms with Crippen molar-refractivity contribution in [3.8, 4) is 0 Å². The average molecular weight is 1100 g/mol. The van der Waals surface area contributed by atoms with E-state index in [1.54, 1.807) is 48.5 Å². The van der Waals surface area contributed by atoms with Crippen molar-refractivity contribution in [1.29, 1.82) is 0 Å². The number of H-pyrrole nitrogens is 4. The number of aromatic amines is 4. The molecule has 0 aliphatic heterocycles. The maximum atomic E-state index is 12.4. The van der Waals surface area contributed by atoms with Crippen molar-refractivity contribution in [1.82, 2.24) is 19.9 Å². The predicted molar refractivity (Wildman–Crippen MR) is 292 cm³/mol. The van der Waals surface area contributed by atoms with Crippen LogP contribution in [-0.2, 0) is 20.4 Å². The largest absolute Gasteiger partial charge is 0.478 e. The van der Waals surface area contributed by atoms with Gasteiger partial charge in [0, 0.05) is 85.8 Å². The van der Waals surface area contributed by atoms with Crippen LogP contribution in [0.4, 0.5) is 0 Å². The van der Waals surface area contributed by atoms with E-state index in [2.05, 4.69) is 19.9 Å². The molecule has 8 aromatic carbocycles. The molecule has 4 aromatic heterocycles. The maximum absolute atomic E-state index is 12.4. The smallest absolute Gasteiger partial charge is 0.335 e. The standard InChI is InChI=1S/C64H40N4O8.Pd/c69-61(70)37-25-17-33(18-26-37)49-53-41-9-1-2-10-42(41)54(65-53)50(34-19-27-38(28-20-34)62(71)72)56-45-13-5-6-14-46(45)58(67-56)52(36-23-31-40(32-24-36)64(75)76)60-48-16-8-7-15-47(48)59(68-60)51(35-21-29-39(30-22-35)63(73)74)57-44-12-4-3-11-43(44)55(49)66-57;/h1-32,65-68H,(H,69,70)(H,71,72)(H,73,74)(H,75,76);. The first-order valence-corrected chi connectivity index (χ1v) is 24.3. The Bertz CT molecular complexity index is 4140. The molecule has 0 amide bonds. The molecule has 374 valence electrons. The number of hydrogen-bond donors (Lipinski definition) is 8. The Labute approximate surface area is 449 Å². The molecule has 1 aliphatic carbocycles. The van der Waals surface area contributed by atoms with Gasteiger partial charge in [0.05, 0.1) is 66.4 Å². The van der Waals surface area contributed by atoms with Gasteiger partial charge in [-0.3, -0.25) is 0 Å². The Morgan fingerprint density at radius 3 is 0.610 bits per heavy atom. The topological polar surface area (TPSA) is 212 Å². The molecule has 4 heterocycles. The van der Waals surface area contributed by atoms with Gasteiger partial charge in [0.1, 0.15) is 0 Å². The summed E-state index contributed by atoms with van der Waals surface area (Å²) in [6, 6.07) is 59.3. The first-order valence-electron chi connectivity index (χ1n) is 24.3. The Kier molecular flexibility index (Phi) is 11.6. The number of carboxylic acids is 4. The van der Waals surface area contributed by atoms with Crippen molar-refractivity contribution in [3.63, 3.8) is 0 Å². The van der Waals surface area contributed by atoms with E-state index >= 15 is 0 Å². The fourth-order valence-corrected chi connectivity index (χ4v) is 11.1. The Morgan fingerprint density at radius 2 is 0.429 bits per heavy atom. The first kappa shape index (κ1) is 47.9. The summed E-state index contributed by atoms with van der Waals surface area (Å²) >= 11 is 0. The van der Waals surface area contributed by atoms with Crippen molar-refractivity contribution in [2.24, 2.45) is 0 Å². The number of carbonyl (C=O) groups is 4. The van der Waals surface area contributed by atoms with Gasteiger partial charge < -0.3 is 40.4 Å². The summed E-state index contributed by atoms with van der Waals surface area (Å²) in [6.45, 7) is 0. The quantitative estimate of drug-likeness (QED) is 0.0685. The van der Waals surface area contributed by atoms with E-state index in [1.165, 1.54) is 0 Å². The van der Waals surface area contributed by atoms with Crippen LogP contribution in [0.3, 0.4) is 0 Å². The van der Waals surface area contributed by atoms with Gasteiger partial charge in [-0.1, -0.05) is 146 Å². The molecule has 8 bridgehead atoms. The summed E-state index contributed by atoms with van der Waals surface area (Å²) in [4.78, 5) is 65.3. The monoisotopic (exact) mass is 1100 g/mol. The van der Waals surface area contributed by atoms with Crippen molar-refractivity contribution in [3.05, 3.63) is 283 Å². The molecule has 13 rings (SSSR count). The Balaban J connectivity index is 0.00000596. The maximum Gasteiger partial charge on any atom is 0.335 e. The molecule has 12 nitrogen and oxygen atoms in total. The normalized spacial score (nSPS) is 12.4. The third-order valence-electron chi connectivity index (χ3n) is 14.5. The third kappa shape index (κ3) is 7.80. The zero-order chi connectivity index (χ0) is 51.9. The second kappa shape index (κ2) is 18.7. The number of hydrogen-bond acceptors (Lipinski definition) is 4. The van der Waals surface area contributed by atoms with Crippen LogP contribution in [0.2, 0.25) is 0 Å².